The summed E-state index contributed by atoms with van der Waals surface area (Å²) in [5.41, 5.74) is 0.950. The van der Waals surface area contributed by atoms with Gasteiger partial charge in [0.05, 0.1) is 42.0 Å². The van der Waals surface area contributed by atoms with Gasteiger partial charge in [0, 0.05) is 18.2 Å². The lowest BCUT2D eigenvalue weighted by molar-refractivity contribution is -0.119. The Balaban J connectivity index is 1.51. The molecule has 2 N–H and O–H groups in total. The predicted molar refractivity (Wildman–Crippen MR) is 113 cm³/mol. The maximum atomic E-state index is 12.3. The van der Waals surface area contributed by atoms with Crippen LogP contribution in [-0.2, 0) is 9.59 Å². The number of para-hydroxylation sites is 1. The molecule has 0 atom stereocenters. The van der Waals surface area contributed by atoms with Crippen molar-refractivity contribution < 1.29 is 19.1 Å². The van der Waals surface area contributed by atoms with Crippen LogP contribution in [-0.4, -0.2) is 50.1 Å². The summed E-state index contributed by atoms with van der Waals surface area (Å²) in [4.78, 5) is 26.1. The number of halogens is 2. The van der Waals surface area contributed by atoms with E-state index < -0.39 is 0 Å². The molecule has 9 heteroatoms. The Morgan fingerprint density at radius 3 is 2.28 bits per heavy atom. The number of hydrogen-bond donors (Lipinski definition) is 2. The SMILES string of the molecule is CN(CC(=O)Nc1ccc2c(c1)OCCCO2)CC(=O)Nc1c(Cl)cccc1Cl. The molecule has 0 aromatic heterocycles. The average Bonchev–Trinajstić information content (AvgIpc) is 2.89. The number of nitrogens with one attached hydrogen (secondary N) is 2. The Morgan fingerprint density at radius 2 is 1.59 bits per heavy atom. The molecular weight excluding hydrogens is 417 g/mol. The standard InChI is InChI=1S/C20H21Cl2N3O4/c1-25(12-19(27)24-20-14(21)4-2-5-15(20)22)11-18(26)23-13-6-7-16-17(10-13)29-9-3-8-28-16/h2,4-7,10H,3,8-9,11-12H2,1H3,(H,23,26)(H,24,27). The fraction of sp³-hybridized carbons (Fsp3) is 0.300. The number of likely N-dealkylation sites (N-methyl/N-ethyl adjacent to an activating group) is 1. The molecule has 0 saturated carbocycles. The van der Waals surface area contributed by atoms with Crippen molar-refractivity contribution in [1.82, 2.24) is 4.90 Å². The summed E-state index contributed by atoms with van der Waals surface area (Å²) in [7, 11) is 1.67. The van der Waals surface area contributed by atoms with Gasteiger partial charge in [-0.25, -0.2) is 0 Å². The number of ether oxygens (including phenoxy) is 2. The van der Waals surface area contributed by atoms with Crippen molar-refractivity contribution in [2.75, 3.05) is 44.0 Å². The molecule has 0 fully saturated rings. The second-order valence-electron chi connectivity index (χ2n) is 6.58. The van der Waals surface area contributed by atoms with E-state index in [1.165, 1.54) is 0 Å². The van der Waals surface area contributed by atoms with E-state index in [1.807, 2.05) is 0 Å². The van der Waals surface area contributed by atoms with Crippen LogP contribution in [0.3, 0.4) is 0 Å². The maximum absolute atomic E-state index is 12.3. The second-order valence-corrected chi connectivity index (χ2v) is 7.39. The van der Waals surface area contributed by atoms with Crippen LogP contribution in [0.5, 0.6) is 11.5 Å². The number of carbonyl (C=O) groups excluding carboxylic acids is 2. The number of carbonyl (C=O) groups is 2. The summed E-state index contributed by atoms with van der Waals surface area (Å²) < 4.78 is 11.2. The van der Waals surface area contributed by atoms with Gasteiger partial charge < -0.3 is 20.1 Å². The Bertz CT molecular complexity index is 887. The Kier molecular flexibility index (Phi) is 7.19. The largest absolute Gasteiger partial charge is 0.490 e. The first-order chi connectivity index (χ1) is 13.9. The van der Waals surface area contributed by atoms with Crippen LogP contribution < -0.4 is 20.1 Å². The van der Waals surface area contributed by atoms with Gasteiger partial charge in [0.15, 0.2) is 11.5 Å². The van der Waals surface area contributed by atoms with Crippen LogP contribution in [0.4, 0.5) is 11.4 Å². The van der Waals surface area contributed by atoms with Gasteiger partial charge in [0.2, 0.25) is 11.8 Å². The molecule has 7 nitrogen and oxygen atoms in total. The van der Waals surface area contributed by atoms with Crippen molar-refractivity contribution in [2.24, 2.45) is 0 Å². The number of amides is 2. The highest BCUT2D eigenvalue weighted by molar-refractivity contribution is 6.39. The van der Waals surface area contributed by atoms with Gasteiger partial charge in [-0.1, -0.05) is 29.3 Å². The van der Waals surface area contributed by atoms with E-state index in [0.29, 0.717) is 46.1 Å². The molecule has 0 saturated heterocycles. The van der Waals surface area contributed by atoms with E-state index in [-0.39, 0.29) is 24.9 Å². The minimum absolute atomic E-state index is 0.00386. The summed E-state index contributed by atoms with van der Waals surface area (Å²) in [6.45, 7) is 1.19. The van der Waals surface area contributed by atoms with Crippen molar-refractivity contribution in [1.29, 1.82) is 0 Å². The van der Waals surface area contributed by atoms with Gasteiger partial charge in [-0.3, -0.25) is 14.5 Å². The number of hydrogen-bond acceptors (Lipinski definition) is 5. The molecule has 0 radical (unpaired) electrons. The molecule has 154 valence electrons. The minimum Gasteiger partial charge on any atom is -0.490 e. The lowest BCUT2D eigenvalue weighted by Gasteiger charge is -2.17. The summed E-state index contributed by atoms with van der Waals surface area (Å²) in [5, 5.41) is 6.16. The summed E-state index contributed by atoms with van der Waals surface area (Å²) in [5.74, 6) is 0.675. The molecule has 0 spiro atoms. The Morgan fingerprint density at radius 1 is 0.966 bits per heavy atom. The number of anilines is 2. The van der Waals surface area contributed by atoms with E-state index in [9.17, 15) is 9.59 Å². The van der Waals surface area contributed by atoms with Crippen molar-refractivity contribution >= 4 is 46.4 Å². The highest BCUT2D eigenvalue weighted by atomic mass is 35.5. The molecule has 0 bridgehead atoms. The number of fused-ring (bicyclic) bond motifs is 1. The van der Waals surface area contributed by atoms with E-state index in [4.69, 9.17) is 32.7 Å². The average molecular weight is 438 g/mol. The summed E-state index contributed by atoms with van der Waals surface area (Å²) in [6, 6.07) is 10.2. The van der Waals surface area contributed by atoms with Crippen LogP contribution in [0.1, 0.15) is 6.42 Å². The first-order valence-electron chi connectivity index (χ1n) is 9.04. The van der Waals surface area contributed by atoms with Crippen molar-refractivity contribution in [2.45, 2.75) is 6.42 Å². The zero-order chi connectivity index (χ0) is 20.8. The highest BCUT2D eigenvalue weighted by Gasteiger charge is 2.15. The van der Waals surface area contributed by atoms with Gasteiger partial charge in [0.1, 0.15) is 0 Å². The predicted octanol–water partition coefficient (Wildman–Crippen LogP) is 3.66. The Hall–Kier alpha value is -2.48. The number of benzene rings is 2. The van der Waals surface area contributed by atoms with Crippen LogP contribution >= 0.6 is 23.2 Å². The zero-order valence-electron chi connectivity index (χ0n) is 15.8. The molecule has 2 aromatic carbocycles. The maximum Gasteiger partial charge on any atom is 0.238 e. The van der Waals surface area contributed by atoms with E-state index in [2.05, 4.69) is 10.6 Å². The molecule has 2 aromatic rings. The zero-order valence-corrected chi connectivity index (χ0v) is 17.3. The fourth-order valence-corrected chi connectivity index (χ4v) is 3.28. The van der Waals surface area contributed by atoms with E-state index in [0.717, 1.165) is 6.42 Å². The molecule has 2 amide bonds. The third kappa shape index (κ3) is 6.00. The minimum atomic E-state index is -0.328. The lowest BCUT2D eigenvalue weighted by atomic mass is 10.2. The lowest BCUT2D eigenvalue weighted by Crippen LogP contribution is -2.36. The molecule has 0 aliphatic carbocycles. The summed E-state index contributed by atoms with van der Waals surface area (Å²) in [6.07, 6.45) is 0.808. The normalized spacial score (nSPS) is 13.0. The molecule has 29 heavy (non-hydrogen) atoms. The number of rotatable bonds is 6. The van der Waals surface area contributed by atoms with Gasteiger partial charge in [0.25, 0.3) is 0 Å². The van der Waals surface area contributed by atoms with Crippen LogP contribution in [0, 0.1) is 0 Å². The third-order valence-electron chi connectivity index (χ3n) is 4.09. The van der Waals surface area contributed by atoms with Gasteiger partial charge in [-0.15, -0.1) is 0 Å². The smallest absolute Gasteiger partial charge is 0.238 e. The van der Waals surface area contributed by atoms with E-state index >= 15 is 0 Å². The van der Waals surface area contributed by atoms with Crippen molar-refractivity contribution in [3.05, 3.63) is 46.4 Å². The molecule has 3 rings (SSSR count). The van der Waals surface area contributed by atoms with E-state index in [1.54, 1.807) is 48.3 Å². The van der Waals surface area contributed by atoms with Crippen molar-refractivity contribution in [3.8, 4) is 11.5 Å². The quantitative estimate of drug-likeness (QED) is 0.720. The van der Waals surface area contributed by atoms with Crippen molar-refractivity contribution in [3.63, 3.8) is 0 Å². The van der Waals surface area contributed by atoms with Crippen LogP contribution in [0.15, 0.2) is 36.4 Å². The van der Waals surface area contributed by atoms with Crippen LogP contribution in [0.2, 0.25) is 10.0 Å². The molecule has 1 aliphatic rings. The Labute approximate surface area is 178 Å². The monoisotopic (exact) mass is 437 g/mol. The van der Waals surface area contributed by atoms with Gasteiger partial charge >= 0.3 is 0 Å². The third-order valence-corrected chi connectivity index (χ3v) is 4.72. The van der Waals surface area contributed by atoms with Gasteiger partial charge in [-0.05, 0) is 31.3 Å². The molecular formula is C20H21Cl2N3O4. The first-order valence-corrected chi connectivity index (χ1v) is 9.80. The number of nitrogens with zero attached hydrogens (tertiary/aromatic N) is 1. The highest BCUT2D eigenvalue weighted by Crippen LogP contribution is 2.32. The summed E-state index contributed by atoms with van der Waals surface area (Å²) >= 11 is 12.1. The first kappa shape index (κ1) is 21.2. The topological polar surface area (TPSA) is 79.9 Å². The van der Waals surface area contributed by atoms with Crippen LogP contribution in [0.25, 0.3) is 0 Å². The fourth-order valence-electron chi connectivity index (χ4n) is 2.78. The second kappa shape index (κ2) is 9.82. The molecule has 0 unspecified atom stereocenters. The van der Waals surface area contributed by atoms with Gasteiger partial charge in [-0.2, -0.15) is 0 Å². The molecule has 1 aliphatic heterocycles. The molecule has 1 heterocycles.